The maximum atomic E-state index is 13.2. The molecule has 1 aromatic heterocycles. The average Bonchev–Trinajstić information content (AvgIpc) is 3.10. The summed E-state index contributed by atoms with van der Waals surface area (Å²) in [4.78, 5) is 13.1. The van der Waals surface area contributed by atoms with Crippen molar-refractivity contribution in [3.8, 4) is 11.5 Å². The van der Waals surface area contributed by atoms with E-state index in [2.05, 4.69) is 29.1 Å². The highest BCUT2D eigenvalue weighted by Gasteiger charge is 2.33. The number of aryl methyl sites for hydroxylation is 1. The van der Waals surface area contributed by atoms with Gasteiger partial charge in [-0.3, -0.25) is 4.79 Å². The molecule has 2 aromatic carbocycles. The number of piperidine rings is 1. The third-order valence-electron chi connectivity index (χ3n) is 6.68. The fourth-order valence-electron chi connectivity index (χ4n) is 4.77. The number of hydrogen-bond acceptors (Lipinski definition) is 5. The number of fused-ring (bicyclic) bond motifs is 2. The van der Waals surface area contributed by atoms with Crippen LogP contribution in [-0.2, 0) is 21.4 Å². The summed E-state index contributed by atoms with van der Waals surface area (Å²) >= 11 is 0. The van der Waals surface area contributed by atoms with E-state index in [4.69, 9.17) is 9.47 Å². The molecule has 5 rings (SSSR count). The second-order valence-corrected chi connectivity index (χ2v) is 11.0. The van der Waals surface area contributed by atoms with Gasteiger partial charge in [0.2, 0.25) is 15.9 Å². The molecule has 0 spiro atoms. The van der Waals surface area contributed by atoms with Crippen LogP contribution in [0, 0.1) is 5.92 Å². The maximum absolute atomic E-state index is 13.2. The predicted molar refractivity (Wildman–Crippen MR) is 134 cm³/mol. The van der Waals surface area contributed by atoms with Gasteiger partial charge in [0.25, 0.3) is 0 Å². The number of carbonyl (C=O) groups is 1. The van der Waals surface area contributed by atoms with Crippen LogP contribution in [0.3, 0.4) is 0 Å². The Morgan fingerprint density at radius 1 is 1.03 bits per heavy atom. The van der Waals surface area contributed by atoms with Crippen molar-refractivity contribution in [3.63, 3.8) is 0 Å². The summed E-state index contributed by atoms with van der Waals surface area (Å²) in [5.41, 5.74) is 1.91. The van der Waals surface area contributed by atoms with Crippen molar-refractivity contribution < 1.29 is 22.7 Å². The van der Waals surface area contributed by atoms with Crippen LogP contribution >= 0.6 is 0 Å². The lowest BCUT2D eigenvalue weighted by molar-refractivity contribution is -0.120. The topological polar surface area (TPSA) is 89.9 Å². The van der Waals surface area contributed by atoms with Crippen molar-refractivity contribution in [2.45, 2.75) is 44.0 Å². The maximum Gasteiger partial charge on any atom is 0.243 e. The fraction of sp³-hybridized carbons (Fsp3) is 0.423. The van der Waals surface area contributed by atoms with Gasteiger partial charge >= 0.3 is 0 Å². The Morgan fingerprint density at radius 3 is 2.57 bits per heavy atom. The Bertz CT molecular complexity index is 1330. The molecule has 0 saturated carbocycles. The van der Waals surface area contributed by atoms with Crippen LogP contribution < -0.4 is 14.8 Å². The van der Waals surface area contributed by atoms with Gasteiger partial charge in [-0.15, -0.1) is 0 Å². The van der Waals surface area contributed by atoms with Gasteiger partial charge in [0.1, 0.15) is 0 Å². The molecule has 1 fully saturated rings. The molecule has 0 aliphatic carbocycles. The molecule has 3 aromatic rings. The second kappa shape index (κ2) is 9.91. The van der Waals surface area contributed by atoms with Crippen LogP contribution in [0.15, 0.2) is 53.6 Å². The summed E-state index contributed by atoms with van der Waals surface area (Å²) < 4.78 is 41.4. The number of sulfonamides is 1. The normalized spacial score (nSPS) is 17.3. The lowest BCUT2D eigenvalue weighted by Crippen LogP contribution is -2.41. The van der Waals surface area contributed by atoms with E-state index in [-0.39, 0.29) is 16.7 Å². The van der Waals surface area contributed by atoms with E-state index in [1.807, 2.05) is 18.2 Å². The number of rotatable bonds is 6. The van der Waals surface area contributed by atoms with E-state index in [1.54, 1.807) is 18.2 Å². The smallest absolute Gasteiger partial charge is 0.243 e. The monoisotopic (exact) mass is 497 g/mol. The molecule has 0 radical (unpaired) electrons. The van der Waals surface area contributed by atoms with E-state index >= 15 is 0 Å². The van der Waals surface area contributed by atoms with Gasteiger partial charge < -0.3 is 19.4 Å². The molecule has 2 aliphatic heterocycles. The number of nitrogens with one attached hydrogen (secondary N) is 1. The van der Waals surface area contributed by atoms with Crippen LogP contribution in [-0.4, -0.2) is 49.5 Å². The van der Waals surface area contributed by atoms with E-state index in [0.717, 1.165) is 36.0 Å². The largest absolute Gasteiger partial charge is 0.490 e. The number of hydrogen-bond donors (Lipinski definition) is 1. The van der Waals surface area contributed by atoms with Crippen LogP contribution in [0.1, 0.15) is 32.6 Å². The Kier molecular flexibility index (Phi) is 6.71. The quantitative estimate of drug-likeness (QED) is 0.550. The zero-order valence-electron chi connectivity index (χ0n) is 19.9. The molecule has 8 nitrogen and oxygen atoms in total. The lowest BCUT2D eigenvalue weighted by Gasteiger charge is -2.30. The minimum absolute atomic E-state index is 0.0648. The minimum atomic E-state index is -3.68. The highest BCUT2D eigenvalue weighted by atomic mass is 32.2. The fourth-order valence-corrected chi connectivity index (χ4v) is 6.26. The first kappa shape index (κ1) is 23.7. The number of carbonyl (C=O) groups excluding carboxylic acids is 1. The number of aromatic nitrogens is 1. The van der Waals surface area contributed by atoms with Gasteiger partial charge in [0, 0.05) is 60.8 Å². The summed E-state index contributed by atoms with van der Waals surface area (Å²) in [6.07, 6.45) is 4.84. The van der Waals surface area contributed by atoms with Crippen molar-refractivity contribution in [1.29, 1.82) is 0 Å². The number of amides is 1. The molecule has 3 heterocycles. The van der Waals surface area contributed by atoms with E-state index in [1.165, 1.54) is 4.31 Å². The molecule has 1 saturated heterocycles. The number of anilines is 1. The molecule has 2 aliphatic rings. The first-order valence-corrected chi connectivity index (χ1v) is 13.7. The van der Waals surface area contributed by atoms with Gasteiger partial charge in [-0.2, -0.15) is 4.31 Å². The summed E-state index contributed by atoms with van der Waals surface area (Å²) in [6.45, 7) is 4.75. The van der Waals surface area contributed by atoms with Crippen molar-refractivity contribution in [3.05, 3.63) is 48.7 Å². The lowest BCUT2D eigenvalue weighted by atomic mass is 9.97. The molecule has 9 heteroatoms. The Labute approximate surface area is 205 Å². The highest BCUT2D eigenvalue weighted by molar-refractivity contribution is 7.89. The predicted octanol–water partition coefficient (Wildman–Crippen LogP) is 4.25. The van der Waals surface area contributed by atoms with Gasteiger partial charge in [-0.1, -0.05) is 6.92 Å². The van der Waals surface area contributed by atoms with Crippen LogP contribution in [0.25, 0.3) is 10.9 Å². The second-order valence-electron chi connectivity index (χ2n) is 9.11. The zero-order valence-corrected chi connectivity index (χ0v) is 20.7. The molecule has 0 bridgehead atoms. The third-order valence-corrected chi connectivity index (χ3v) is 8.58. The Hall–Kier alpha value is -3.04. The van der Waals surface area contributed by atoms with Gasteiger partial charge in [-0.05, 0) is 55.7 Å². The molecular formula is C26H31N3O5S. The molecule has 1 N–H and O–H groups in total. The van der Waals surface area contributed by atoms with Gasteiger partial charge in [0.15, 0.2) is 11.5 Å². The Balaban J connectivity index is 1.21. The van der Waals surface area contributed by atoms with Gasteiger partial charge in [-0.25, -0.2) is 8.42 Å². The summed E-state index contributed by atoms with van der Waals surface area (Å²) in [5, 5.41) is 4.11. The highest BCUT2D eigenvalue weighted by Crippen LogP contribution is 2.34. The standard InChI is InChI=1S/C26H31N3O5S/c1-2-11-28-12-8-20-17-21(4-6-23(20)28)27-26(30)19-9-13-29(14-10-19)35(31,32)22-5-7-24-25(18-22)34-16-3-15-33-24/h4-8,12,17-19H,2-3,9-11,13-16H2,1H3,(H,27,30). The van der Waals surface area contributed by atoms with Crippen LogP contribution in [0.2, 0.25) is 0 Å². The van der Waals surface area contributed by atoms with Crippen molar-refractivity contribution in [2.24, 2.45) is 5.92 Å². The van der Waals surface area contributed by atoms with Crippen molar-refractivity contribution >= 4 is 32.5 Å². The molecular weight excluding hydrogens is 466 g/mol. The number of nitrogens with zero attached hydrogens (tertiary/aromatic N) is 2. The van der Waals surface area contributed by atoms with Gasteiger partial charge in [0.05, 0.1) is 18.1 Å². The van der Waals surface area contributed by atoms with Crippen LogP contribution in [0.4, 0.5) is 5.69 Å². The minimum Gasteiger partial charge on any atom is -0.490 e. The summed E-state index contributed by atoms with van der Waals surface area (Å²) in [5.74, 6) is 0.729. The molecule has 0 unspecified atom stereocenters. The first-order chi connectivity index (χ1) is 17.0. The van der Waals surface area contributed by atoms with Crippen molar-refractivity contribution in [2.75, 3.05) is 31.6 Å². The summed E-state index contributed by atoms with van der Waals surface area (Å²) in [6, 6.07) is 12.8. The third kappa shape index (κ3) is 4.88. The first-order valence-electron chi connectivity index (χ1n) is 12.3. The molecule has 1 amide bonds. The summed E-state index contributed by atoms with van der Waals surface area (Å²) in [7, 11) is -3.68. The average molecular weight is 498 g/mol. The number of benzene rings is 2. The molecule has 35 heavy (non-hydrogen) atoms. The van der Waals surface area contributed by atoms with Crippen molar-refractivity contribution in [1.82, 2.24) is 8.87 Å². The van der Waals surface area contributed by atoms with E-state index < -0.39 is 10.0 Å². The number of ether oxygens (including phenoxy) is 2. The van der Waals surface area contributed by atoms with E-state index in [0.29, 0.717) is 50.6 Å². The van der Waals surface area contributed by atoms with E-state index in [9.17, 15) is 13.2 Å². The van der Waals surface area contributed by atoms with Crippen LogP contribution in [0.5, 0.6) is 11.5 Å². The zero-order chi connectivity index (χ0) is 24.4. The molecule has 0 atom stereocenters. The Morgan fingerprint density at radius 2 is 1.80 bits per heavy atom. The SMILES string of the molecule is CCCn1ccc2cc(NC(=O)C3CCN(S(=O)(=O)c4ccc5c(c4)OCCCO5)CC3)ccc21. The molecule has 186 valence electrons.